The van der Waals surface area contributed by atoms with Gasteiger partial charge in [-0.05, 0) is 0 Å². The first kappa shape index (κ1) is 14.4. The lowest BCUT2D eigenvalue weighted by Crippen LogP contribution is -2.36. The van der Waals surface area contributed by atoms with Gasteiger partial charge in [-0.15, -0.1) is 0 Å². The Balaban J connectivity index is 3.11. The Kier molecular flexibility index (Phi) is 4.90. The predicted octanol–water partition coefficient (Wildman–Crippen LogP) is -0.951. The van der Waals surface area contributed by atoms with E-state index in [1.807, 2.05) is 0 Å². The van der Waals surface area contributed by atoms with Gasteiger partial charge in [0.15, 0.2) is 0 Å². The standard InChI is InChI=1S/C8H14ClN3O4S/c1-11-6-10-8(7(11)9)17(15,16)12(2-4-13)3-5-14/h6,13-14H,2-5H2,1H3. The highest BCUT2D eigenvalue weighted by atomic mass is 35.5. The lowest BCUT2D eigenvalue weighted by molar-refractivity contribution is 0.217. The van der Waals surface area contributed by atoms with Crippen molar-refractivity contribution in [1.29, 1.82) is 0 Å². The molecule has 1 heterocycles. The van der Waals surface area contributed by atoms with E-state index >= 15 is 0 Å². The summed E-state index contributed by atoms with van der Waals surface area (Å²) in [4.78, 5) is 3.71. The number of aliphatic hydroxyl groups is 2. The van der Waals surface area contributed by atoms with Crippen molar-refractivity contribution in [2.75, 3.05) is 26.3 Å². The number of imidazole rings is 1. The van der Waals surface area contributed by atoms with Gasteiger partial charge in [0.05, 0.1) is 19.5 Å². The first-order valence-corrected chi connectivity index (χ1v) is 6.65. The minimum absolute atomic E-state index is 0.00844. The van der Waals surface area contributed by atoms with Crippen LogP contribution in [0.3, 0.4) is 0 Å². The van der Waals surface area contributed by atoms with Crippen LogP contribution in [0.5, 0.6) is 0 Å². The van der Waals surface area contributed by atoms with Crippen molar-refractivity contribution in [2.45, 2.75) is 5.03 Å². The SMILES string of the molecule is Cn1cnc(S(=O)(=O)N(CCO)CCO)c1Cl. The van der Waals surface area contributed by atoms with Crippen LogP contribution < -0.4 is 0 Å². The first-order chi connectivity index (χ1) is 7.95. The van der Waals surface area contributed by atoms with Crippen molar-refractivity contribution in [2.24, 2.45) is 7.05 Å². The van der Waals surface area contributed by atoms with E-state index in [4.69, 9.17) is 21.8 Å². The van der Waals surface area contributed by atoms with Crippen LogP contribution in [0.25, 0.3) is 0 Å². The molecule has 0 aliphatic rings. The molecule has 2 N–H and O–H groups in total. The maximum atomic E-state index is 12.1. The zero-order valence-electron chi connectivity index (χ0n) is 9.24. The summed E-state index contributed by atoms with van der Waals surface area (Å²) in [5.41, 5.74) is 0. The van der Waals surface area contributed by atoms with E-state index in [1.54, 1.807) is 7.05 Å². The molecule has 0 unspecified atom stereocenters. The highest BCUT2D eigenvalue weighted by Crippen LogP contribution is 2.22. The number of hydrogen-bond acceptors (Lipinski definition) is 5. The molecule has 0 fully saturated rings. The van der Waals surface area contributed by atoms with Gasteiger partial charge < -0.3 is 14.8 Å². The second kappa shape index (κ2) is 5.78. The fourth-order valence-electron chi connectivity index (χ4n) is 1.26. The van der Waals surface area contributed by atoms with E-state index in [2.05, 4.69) is 4.98 Å². The summed E-state index contributed by atoms with van der Waals surface area (Å²) in [5, 5.41) is 17.3. The molecule has 0 amide bonds. The van der Waals surface area contributed by atoms with E-state index in [9.17, 15) is 8.42 Å². The van der Waals surface area contributed by atoms with Crippen molar-refractivity contribution >= 4 is 21.6 Å². The first-order valence-electron chi connectivity index (χ1n) is 4.83. The van der Waals surface area contributed by atoms with Gasteiger partial charge in [-0.25, -0.2) is 13.4 Å². The molecule has 0 bridgehead atoms. The smallest absolute Gasteiger partial charge is 0.263 e. The summed E-state index contributed by atoms with van der Waals surface area (Å²) in [5.74, 6) is 0. The van der Waals surface area contributed by atoms with Crippen molar-refractivity contribution in [3.05, 3.63) is 11.5 Å². The van der Waals surface area contributed by atoms with Gasteiger partial charge in [0, 0.05) is 20.1 Å². The fourth-order valence-corrected chi connectivity index (χ4v) is 3.08. The van der Waals surface area contributed by atoms with Gasteiger partial charge in [-0.2, -0.15) is 4.31 Å². The van der Waals surface area contributed by atoms with E-state index in [1.165, 1.54) is 10.9 Å². The van der Waals surface area contributed by atoms with E-state index in [0.29, 0.717) is 0 Å². The van der Waals surface area contributed by atoms with Crippen molar-refractivity contribution in [3.8, 4) is 0 Å². The Labute approximate surface area is 104 Å². The minimum Gasteiger partial charge on any atom is -0.395 e. The number of nitrogens with zero attached hydrogens (tertiary/aromatic N) is 3. The quantitative estimate of drug-likeness (QED) is 0.702. The fraction of sp³-hybridized carbons (Fsp3) is 0.625. The van der Waals surface area contributed by atoms with Crippen LogP contribution in [-0.4, -0.2) is 58.8 Å². The Bertz CT molecular complexity index is 467. The monoisotopic (exact) mass is 283 g/mol. The molecular formula is C8H14ClN3O4S. The minimum atomic E-state index is -3.89. The highest BCUT2D eigenvalue weighted by molar-refractivity contribution is 7.89. The third-order valence-corrected chi connectivity index (χ3v) is 4.51. The average molecular weight is 284 g/mol. The summed E-state index contributed by atoms with van der Waals surface area (Å²) in [6, 6.07) is 0. The molecule has 0 aliphatic heterocycles. The molecule has 0 radical (unpaired) electrons. The second-order valence-electron chi connectivity index (χ2n) is 3.30. The normalized spacial score (nSPS) is 12.3. The zero-order valence-corrected chi connectivity index (χ0v) is 10.8. The maximum Gasteiger partial charge on any atom is 0.263 e. The van der Waals surface area contributed by atoms with E-state index in [0.717, 1.165) is 4.31 Å². The van der Waals surface area contributed by atoms with Crippen molar-refractivity contribution in [3.63, 3.8) is 0 Å². The molecule has 0 saturated carbocycles. The molecule has 1 aromatic rings. The van der Waals surface area contributed by atoms with Crippen LogP contribution in [0.15, 0.2) is 11.4 Å². The van der Waals surface area contributed by atoms with Crippen LogP contribution in [0.4, 0.5) is 0 Å². The third kappa shape index (κ3) is 2.96. The predicted molar refractivity (Wildman–Crippen MR) is 61.1 cm³/mol. The van der Waals surface area contributed by atoms with Crippen molar-refractivity contribution in [1.82, 2.24) is 13.9 Å². The summed E-state index contributed by atoms with van der Waals surface area (Å²) in [6.45, 7) is -0.918. The Morgan fingerprint density at radius 2 is 1.94 bits per heavy atom. The van der Waals surface area contributed by atoms with Gasteiger partial charge in [0.25, 0.3) is 10.0 Å². The molecule has 98 valence electrons. The number of rotatable bonds is 6. The Morgan fingerprint density at radius 1 is 1.41 bits per heavy atom. The van der Waals surface area contributed by atoms with Gasteiger partial charge in [0.1, 0.15) is 5.15 Å². The number of aliphatic hydroxyl groups excluding tert-OH is 2. The molecule has 1 rings (SSSR count). The highest BCUT2D eigenvalue weighted by Gasteiger charge is 2.29. The van der Waals surface area contributed by atoms with Gasteiger partial charge in [-0.3, -0.25) is 0 Å². The second-order valence-corrected chi connectivity index (χ2v) is 5.51. The molecule has 1 aromatic heterocycles. The van der Waals surface area contributed by atoms with Crippen LogP contribution in [0.2, 0.25) is 5.15 Å². The molecule has 0 aliphatic carbocycles. The molecular weight excluding hydrogens is 270 g/mol. The van der Waals surface area contributed by atoms with Crippen LogP contribution in [0, 0.1) is 0 Å². The number of halogens is 1. The van der Waals surface area contributed by atoms with Gasteiger partial charge >= 0.3 is 0 Å². The lowest BCUT2D eigenvalue weighted by Gasteiger charge is -2.18. The van der Waals surface area contributed by atoms with E-state index in [-0.39, 0.29) is 36.5 Å². The molecule has 9 heteroatoms. The average Bonchev–Trinajstić information content (AvgIpc) is 2.60. The number of hydrogen-bond donors (Lipinski definition) is 2. The molecule has 0 saturated heterocycles. The largest absolute Gasteiger partial charge is 0.395 e. The Hall–Kier alpha value is -0.670. The zero-order chi connectivity index (χ0) is 13.1. The molecule has 0 atom stereocenters. The number of aromatic nitrogens is 2. The van der Waals surface area contributed by atoms with Crippen LogP contribution >= 0.6 is 11.6 Å². The Morgan fingerprint density at radius 3 is 2.29 bits per heavy atom. The molecule has 7 nitrogen and oxygen atoms in total. The molecule has 17 heavy (non-hydrogen) atoms. The number of aryl methyl sites for hydroxylation is 1. The van der Waals surface area contributed by atoms with Crippen LogP contribution in [-0.2, 0) is 17.1 Å². The van der Waals surface area contributed by atoms with Crippen molar-refractivity contribution < 1.29 is 18.6 Å². The van der Waals surface area contributed by atoms with Crippen LogP contribution in [0.1, 0.15) is 0 Å². The maximum absolute atomic E-state index is 12.1. The topological polar surface area (TPSA) is 95.7 Å². The van der Waals surface area contributed by atoms with Gasteiger partial charge in [0.2, 0.25) is 5.03 Å². The lowest BCUT2D eigenvalue weighted by atomic mass is 10.6. The molecule has 0 aromatic carbocycles. The van der Waals surface area contributed by atoms with Gasteiger partial charge in [-0.1, -0.05) is 11.6 Å². The summed E-state index contributed by atoms with van der Waals surface area (Å²) < 4.78 is 26.5. The summed E-state index contributed by atoms with van der Waals surface area (Å²) in [7, 11) is -2.32. The third-order valence-electron chi connectivity index (χ3n) is 2.12. The summed E-state index contributed by atoms with van der Waals surface area (Å²) >= 11 is 5.81. The summed E-state index contributed by atoms with van der Waals surface area (Å²) in [6.07, 6.45) is 1.28. The van der Waals surface area contributed by atoms with E-state index < -0.39 is 10.0 Å². The molecule has 0 spiro atoms. The number of sulfonamides is 1.